The predicted octanol–water partition coefficient (Wildman–Crippen LogP) is 2.36. The summed E-state index contributed by atoms with van der Waals surface area (Å²) in [4.78, 5) is 8.37. The van der Waals surface area contributed by atoms with Gasteiger partial charge in [-0.15, -0.1) is 0 Å². The first-order valence-corrected chi connectivity index (χ1v) is 6.66. The number of nitrogens with two attached hydrogens (primary N) is 1. The van der Waals surface area contributed by atoms with Crippen LogP contribution < -0.4 is 15.8 Å². The second-order valence-electron chi connectivity index (χ2n) is 5.07. The van der Waals surface area contributed by atoms with Crippen molar-refractivity contribution in [1.82, 2.24) is 15.3 Å². The van der Waals surface area contributed by atoms with Crippen molar-refractivity contribution >= 4 is 5.69 Å². The number of hydrogen-bond acceptors (Lipinski definition) is 5. The third-order valence-corrected chi connectivity index (χ3v) is 3.46. The molecule has 6 heteroatoms. The Bertz CT molecular complexity index is 638. The van der Waals surface area contributed by atoms with Gasteiger partial charge in [0, 0.05) is 18.6 Å². The third kappa shape index (κ3) is 3.63. The molecule has 5 nitrogen and oxygen atoms in total. The summed E-state index contributed by atoms with van der Waals surface area (Å²) >= 11 is 0. The predicted molar refractivity (Wildman–Crippen MR) is 83.1 cm³/mol. The monoisotopic (exact) mass is 476 g/mol. The number of hydrogen-bond donors (Lipinski definition) is 2. The number of ether oxygens (including phenoxy) is 1. The molecule has 0 atom stereocenters. The molecule has 0 fully saturated rings. The second-order valence-corrected chi connectivity index (χ2v) is 5.07. The summed E-state index contributed by atoms with van der Waals surface area (Å²) in [7, 11) is 0. The van der Waals surface area contributed by atoms with Gasteiger partial charge in [0.2, 0.25) is 0 Å². The number of nitrogen functional groups attached to an aromatic ring is 1. The summed E-state index contributed by atoms with van der Waals surface area (Å²) in [5.74, 6) is 1.39. The van der Waals surface area contributed by atoms with E-state index in [1.54, 1.807) is 0 Å². The Labute approximate surface area is 144 Å². The number of benzene rings is 1. The first kappa shape index (κ1) is 18.5. The molecule has 2 aromatic rings. The van der Waals surface area contributed by atoms with Crippen molar-refractivity contribution in [2.45, 2.75) is 26.8 Å². The summed E-state index contributed by atoms with van der Waals surface area (Å²) in [6.45, 7) is 5.62. The average Bonchev–Trinajstić information content (AvgIpc) is 2.43. The fourth-order valence-electron chi connectivity index (χ4n) is 2.52. The molecule has 0 bridgehead atoms. The Morgan fingerprint density at radius 3 is 2.59 bits per heavy atom. The minimum Gasteiger partial charge on any atom is -0.498 e. The van der Waals surface area contributed by atoms with Crippen LogP contribution in [0.2, 0.25) is 0 Å². The Morgan fingerprint density at radius 1 is 1.23 bits per heavy atom. The summed E-state index contributed by atoms with van der Waals surface area (Å²) < 4.78 is 6.02. The van der Waals surface area contributed by atoms with Crippen LogP contribution in [0.3, 0.4) is 0 Å². The maximum absolute atomic E-state index is 6.02. The first-order chi connectivity index (χ1) is 9.65. The van der Waals surface area contributed by atoms with Crippen LogP contribution in [-0.4, -0.2) is 16.5 Å². The molecule has 1 aromatic heterocycles. The molecule has 0 saturated carbocycles. The van der Waals surface area contributed by atoms with Gasteiger partial charge in [-0.3, -0.25) is 0 Å². The maximum atomic E-state index is 6.02. The van der Waals surface area contributed by atoms with Crippen molar-refractivity contribution in [3.8, 4) is 11.6 Å². The van der Waals surface area contributed by atoms with Crippen molar-refractivity contribution in [3.05, 3.63) is 48.3 Å². The van der Waals surface area contributed by atoms with Gasteiger partial charge in [-0.25, -0.2) is 0 Å². The number of aryl methyl sites for hydroxylation is 2. The zero-order chi connectivity index (χ0) is 14.1. The van der Waals surface area contributed by atoms with Crippen LogP contribution in [0.15, 0.2) is 12.1 Å². The maximum Gasteiger partial charge on any atom is 2.00 e. The van der Waals surface area contributed by atoms with E-state index in [1.165, 1.54) is 0 Å². The molecule has 3 N–H and O–H groups in total. The van der Waals surface area contributed by atoms with E-state index in [0.717, 1.165) is 53.3 Å². The van der Waals surface area contributed by atoms with Crippen molar-refractivity contribution in [2.24, 2.45) is 0 Å². The Hall–Kier alpha value is -1.50. The van der Waals surface area contributed by atoms with E-state index in [9.17, 15) is 0 Å². The van der Waals surface area contributed by atoms with E-state index >= 15 is 0 Å². The van der Waals surface area contributed by atoms with Crippen LogP contribution in [0.4, 0.5) is 5.69 Å². The molecule has 0 amide bonds. The zero-order valence-electron chi connectivity index (χ0n) is 13.0. The van der Waals surface area contributed by atoms with Gasteiger partial charge in [0.15, 0.2) is 0 Å². The van der Waals surface area contributed by atoms with E-state index in [1.807, 2.05) is 26.0 Å². The quantitative estimate of drug-likeness (QED) is 0.517. The molecule has 0 unspecified atom stereocenters. The summed E-state index contributed by atoms with van der Waals surface area (Å²) in [6.07, 6.45) is 3.56. The Morgan fingerprint density at radius 2 is 1.91 bits per heavy atom. The van der Waals surface area contributed by atoms with Gasteiger partial charge in [0.25, 0.3) is 0 Å². The molecule has 0 radical (unpaired) electrons. The molecule has 0 aliphatic carbocycles. The fraction of sp³-hybridized carbons (Fsp3) is 0.312. The van der Waals surface area contributed by atoms with E-state index < -0.39 is 0 Å². The van der Waals surface area contributed by atoms with Gasteiger partial charge in [0.1, 0.15) is 11.6 Å². The van der Waals surface area contributed by atoms with E-state index in [4.69, 9.17) is 10.5 Å². The van der Waals surface area contributed by atoms with Crippen molar-refractivity contribution in [2.75, 3.05) is 12.3 Å². The van der Waals surface area contributed by atoms with Gasteiger partial charge in [-0.1, -0.05) is 11.3 Å². The molecule has 22 heavy (non-hydrogen) atoms. The van der Waals surface area contributed by atoms with Crippen LogP contribution in [0.5, 0.6) is 11.6 Å². The topological polar surface area (TPSA) is 73.1 Å². The molecule has 118 valence electrons. The van der Waals surface area contributed by atoms with Crippen LogP contribution >= 0.6 is 0 Å². The van der Waals surface area contributed by atoms with Crippen LogP contribution in [-0.2, 0) is 32.8 Å². The number of nitrogens with one attached hydrogen (secondary N) is 1. The summed E-state index contributed by atoms with van der Waals surface area (Å²) in [5.41, 5.74) is 10.6. The van der Waals surface area contributed by atoms with Crippen molar-refractivity contribution in [1.29, 1.82) is 0 Å². The third-order valence-electron chi connectivity index (χ3n) is 3.46. The van der Waals surface area contributed by atoms with Crippen molar-refractivity contribution in [3.63, 3.8) is 0 Å². The Kier molecular flexibility index (Phi) is 6.46. The average molecular weight is 475 g/mol. The summed E-state index contributed by atoms with van der Waals surface area (Å²) in [6, 6.07) is 3.80. The van der Waals surface area contributed by atoms with Gasteiger partial charge in [-0.2, -0.15) is 0 Å². The Balaban J connectivity index is 0.00000121. The van der Waals surface area contributed by atoms with Crippen LogP contribution in [0.1, 0.15) is 22.4 Å². The van der Waals surface area contributed by atoms with Gasteiger partial charge in [0.05, 0.1) is 0 Å². The fourth-order valence-corrected chi connectivity index (χ4v) is 2.52. The summed E-state index contributed by atoms with van der Waals surface area (Å²) in [5, 5.41) is 3.31. The number of aromatic nitrogens is 2. The molecule has 3 rings (SSSR count). The van der Waals surface area contributed by atoms with Gasteiger partial charge in [-0.05, 0) is 50.1 Å². The van der Waals surface area contributed by atoms with E-state index in [-0.39, 0.29) is 27.2 Å². The molecule has 1 aliphatic heterocycles. The molecule has 1 aliphatic rings. The molecular formula is C16H20N4OOs. The SMILES string of the molecule is Cc1cc(N)cc(C)c1Oc1n[c-]nc2c1CNCC2.[CH3-].[Os+2]. The molecular weight excluding hydrogens is 454 g/mol. The number of fused-ring (bicyclic) bond motifs is 1. The molecule has 1 aromatic carbocycles. The normalized spacial score (nSPS) is 12.6. The van der Waals surface area contributed by atoms with E-state index in [0.29, 0.717) is 5.88 Å². The van der Waals surface area contributed by atoms with Gasteiger partial charge >= 0.3 is 19.8 Å². The smallest absolute Gasteiger partial charge is 0.498 e. The zero-order valence-corrected chi connectivity index (χ0v) is 15.6. The number of rotatable bonds is 2. The molecule has 0 saturated heterocycles. The first-order valence-electron chi connectivity index (χ1n) is 6.66. The minimum absolute atomic E-state index is 0. The van der Waals surface area contributed by atoms with Crippen LogP contribution in [0.25, 0.3) is 0 Å². The van der Waals surface area contributed by atoms with Gasteiger partial charge < -0.3 is 33.2 Å². The number of nitrogens with zero attached hydrogens (tertiary/aromatic N) is 2. The molecule has 0 spiro atoms. The van der Waals surface area contributed by atoms with Crippen molar-refractivity contribution < 1.29 is 24.5 Å². The standard InChI is InChI=1S/C15H17N4O.CH3.Os/c1-9-5-11(16)6-10(2)14(9)20-15-12-7-17-4-3-13(12)18-8-19-15;;/h5-6,17H,3-4,7,16H2,1-2H3;1H3;/q2*-1;+2. The second kappa shape index (κ2) is 7.67. The minimum atomic E-state index is 0. The largest absolute Gasteiger partial charge is 2.00 e. The number of anilines is 1. The van der Waals surface area contributed by atoms with Crippen LogP contribution in [0, 0.1) is 27.6 Å². The van der Waals surface area contributed by atoms with E-state index in [2.05, 4.69) is 21.6 Å². The molecule has 2 heterocycles.